The number of ether oxygens (including phenoxy) is 2. The molecule has 9 heteroatoms. The van der Waals surface area contributed by atoms with E-state index in [9.17, 15) is 19.5 Å². The second-order valence-electron chi connectivity index (χ2n) is 13.2. The summed E-state index contributed by atoms with van der Waals surface area (Å²) < 4.78 is 11.6. The van der Waals surface area contributed by atoms with Crippen LogP contribution in [-0.2, 0) is 32.0 Å². The second kappa shape index (κ2) is 17.3. The first-order valence-electron chi connectivity index (χ1n) is 16.3. The van der Waals surface area contributed by atoms with Crippen molar-refractivity contribution in [3.8, 4) is 5.75 Å². The smallest absolute Gasteiger partial charge is 0.341 e. The average Bonchev–Trinajstić information content (AvgIpc) is 3.26. The van der Waals surface area contributed by atoms with E-state index in [-0.39, 0.29) is 36.9 Å². The van der Waals surface area contributed by atoms with E-state index in [0.29, 0.717) is 37.0 Å². The van der Waals surface area contributed by atoms with Gasteiger partial charge in [-0.15, -0.1) is 0 Å². The van der Waals surface area contributed by atoms with E-state index in [2.05, 4.69) is 30.9 Å². The standard InChI is InChI=1S/C34H53NO7S/c1-4-5-7-12-25(42-32(39)21-34(2,3)33(40)35-16-8-6-9-17-43)14-15-26-27-18-23-11-10-13-30(41-22-31(37)38)28(23)19-24(27)20-29(26)36/h10-11,13,24-27,29,36,43H,4-9,12,14-22H2,1-3H3,(H,35,40)(H,37,38)/t24-,25-,26+,27-,29+/m0/s1. The summed E-state index contributed by atoms with van der Waals surface area (Å²) >= 11 is 4.22. The van der Waals surface area contributed by atoms with Gasteiger partial charge < -0.3 is 25.0 Å². The Hall–Kier alpha value is -2.26. The third-order valence-corrected chi connectivity index (χ3v) is 9.58. The first-order valence-corrected chi connectivity index (χ1v) is 16.9. The van der Waals surface area contributed by atoms with Crippen LogP contribution in [-0.4, -0.2) is 59.2 Å². The highest BCUT2D eigenvalue weighted by molar-refractivity contribution is 7.80. The van der Waals surface area contributed by atoms with Crippen LogP contribution in [0.1, 0.15) is 103 Å². The molecule has 1 amide bonds. The van der Waals surface area contributed by atoms with Gasteiger partial charge in [0, 0.05) is 6.54 Å². The van der Waals surface area contributed by atoms with Crippen LogP contribution in [0, 0.1) is 23.2 Å². The van der Waals surface area contributed by atoms with Crippen LogP contribution in [0.25, 0.3) is 0 Å². The number of unbranched alkanes of at least 4 members (excludes halogenated alkanes) is 4. The Balaban J connectivity index is 1.58. The molecule has 1 aromatic carbocycles. The van der Waals surface area contributed by atoms with Gasteiger partial charge in [0.25, 0.3) is 0 Å². The highest BCUT2D eigenvalue weighted by atomic mass is 32.1. The van der Waals surface area contributed by atoms with E-state index in [0.717, 1.165) is 81.1 Å². The van der Waals surface area contributed by atoms with Crippen LogP contribution in [0.4, 0.5) is 0 Å². The van der Waals surface area contributed by atoms with Crippen molar-refractivity contribution in [3.63, 3.8) is 0 Å². The number of aliphatic hydroxyl groups is 1. The van der Waals surface area contributed by atoms with Crippen LogP contribution >= 0.6 is 12.6 Å². The van der Waals surface area contributed by atoms with Crippen LogP contribution in [0.3, 0.4) is 0 Å². The van der Waals surface area contributed by atoms with Gasteiger partial charge in [-0.2, -0.15) is 12.6 Å². The predicted octanol–water partition coefficient (Wildman–Crippen LogP) is 5.77. The lowest BCUT2D eigenvalue weighted by molar-refractivity contribution is -0.155. The van der Waals surface area contributed by atoms with Gasteiger partial charge in [-0.05, 0) is 98.5 Å². The maximum absolute atomic E-state index is 13.1. The quantitative estimate of drug-likeness (QED) is 0.0882. The highest BCUT2D eigenvalue weighted by Gasteiger charge is 2.45. The Morgan fingerprint density at radius 3 is 2.60 bits per heavy atom. The van der Waals surface area contributed by atoms with Crippen molar-refractivity contribution in [1.82, 2.24) is 5.32 Å². The van der Waals surface area contributed by atoms with Crippen molar-refractivity contribution in [3.05, 3.63) is 29.3 Å². The molecule has 5 atom stereocenters. The Bertz CT molecular complexity index is 1060. The fourth-order valence-corrected chi connectivity index (χ4v) is 7.09. The van der Waals surface area contributed by atoms with Crippen molar-refractivity contribution >= 4 is 30.5 Å². The van der Waals surface area contributed by atoms with Crippen LogP contribution in [0.2, 0.25) is 0 Å². The van der Waals surface area contributed by atoms with Crippen molar-refractivity contribution in [2.24, 2.45) is 23.2 Å². The van der Waals surface area contributed by atoms with E-state index in [1.54, 1.807) is 13.8 Å². The minimum Gasteiger partial charge on any atom is -0.482 e. The number of carbonyl (C=O) groups is 3. The molecule has 242 valence electrons. The summed E-state index contributed by atoms with van der Waals surface area (Å²) in [5.41, 5.74) is 1.37. The van der Waals surface area contributed by atoms with E-state index in [4.69, 9.17) is 14.6 Å². The maximum Gasteiger partial charge on any atom is 0.341 e. The molecule has 3 N–H and O–H groups in total. The van der Waals surface area contributed by atoms with Gasteiger partial charge in [0.1, 0.15) is 11.9 Å². The lowest BCUT2D eigenvalue weighted by atomic mass is 9.73. The van der Waals surface area contributed by atoms with E-state index in [1.165, 1.54) is 0 Å². The number of fused-ring (bicyclic) bond motifs is 2. The molecule has 8 nitrogen and oxygen atoms in total. The SMILES string of the molecule is CCCCC[C@@H](CC[C@@H]1[C@H]2Cc3cccc(OCC(=O)O)c3C[C@H]2C[C@H]1O)OC(=O)CC(C)(C)C(=O)NCCCCCS. The van der Waals surface area contributed by atoms with E-state index >= 15 is 0 Å². The number of hydrogen-bond donors (Lipinski definition) is 4. The van der Waals surface area contributed by atoms with Crippen LogP contribution in [0.15, 0.2) is 18.2 Å². The number of aliphatic carboxylic acids is 1. The third-order valence-electron chi connectivity index (χ3n) is 9.27. The Labute approximate surface area is 263 Å². The molecule has 2 aliphatic rings. The Morgan fingerprint density at radius 1 is 1.09 bits per heavy atom. The largest absolute Gasteiger partial charge is 0.482 e. The lowest BCUT2D eigenvalue weighted by Crippen LogP contribution is -2.39. The number of rotatable bonds is 19. The lowest BCUT2D eigenvalue weighted by Gasteiger charge is -2.33. The number of carboxylic acid groups (broad SMARTS) is 1. The molecule has 0 bridgehead atoms. The Morgan fingerprint density at radius 2 is 1.88 bits per heavy atom. The number of benzene rings is 1. The van der Waals surface area contributed by atoms with Crippen molar-refractivity contribution in [2.75, 3.05) is 18.9 Å². The topological polar surface area (TPSA) is 122 Å². The molecule has 0 radical (unpaired) electrons. The number of thiol groups is 1. The number of hydrogen-bond acceptors (Lipinski definition) is 7. The molecule has 3 rings (SSSR count). The predicted molar refractivity (Wildman–Crippen MR) is 170 cm³/mol. The Kier molecular flexibility index (Phi) is 14.2. The second-order valence-corrected chi connectivity index (χ2v) is 13.6. The molecule has 1 fully saturated rings. The summed E-state index contributed by atoms with van der Waals surface area (Å²) in [5, 5.41) is 23.1. The van der Waals surface area contributed by atoms with Crippen LogP contribution in [0.5, 0.6) is 5.75 Å². The molecule has 0 spiro atoms. The summed E-state index contributed by atoms with van der Waals surface area (Å²) in [6.07, 6.45) is 9.94. The molecule has 0 unspecified atom stereocenters. The van der Waals surface area contributed by atoms with Gasteiger partial charge in [0.05, 0.1) is 17.9 Å². The third kappa shape index (κ3) is 10.7. The first-order chi connectivity index (χ1) is 20.6. The monoisotopic (exact) mass is 619 g/mol. The molecule has 1 saturated carbocycles. The molecule has 1 aromatic rings. The average molecular weight is 620 g/mol. The zero-order valence-corrected chi connectivity index (χ0v) is 27.2. The molecule has 0 aromatic heterocycles. The maximum atomic E-state index is 13.1. The van der Waals surface area contributed by atoms with Gasteiger partial charge >= 0.3 is 11.9 Å². The fourth-order valence-electron chi connectivity index (χ4n) is 6.86. The molecular formula is C34H53NO7S. The number of esters is 1. The first kappa shape index (κ1) is 35.2. The molecule has 0 saturated heterocycles. The summed E-state index contributed by atoms with van der Waals surface area (Å²) in [7, 11) is 0. The number of nitrogens with one attached hydrogen (secondary N) is 1. The molecule has 0 heterocycles. The minimum atomic E-state index is -1.00. The minimum absolute atomic E-state index is 0.0274. The van der Waals surface area contributed by atoms with E-state index in [1.807, 2.05) is 12.1 Å². The molecule has 43 heavy (non-hydrogen) atoms. The van der Waals surface area contributed by atoms with Gasteiger partial charge in [-0.25, -0.2) is 4.79 Å². The van der Waals surface area contributed by atoms with Crippen molar-refractivity contribution < 1.29 is 34.1 Å². The van der Waals surface area contributed by atoms with Crippen LogP contribution < -0.4 is 10.1 Å². The highest BCUT2D eigenvalue weighted by Crippen LogP contribution is 2.48. The summed E-state index contributed by atoms with van der Waals surface area (Å²) in [5.74, 6) is 0.725. The zero-order chi connectivity index (χ0) is 31.4. The molecule has 2 aliphatic carbocycles. The van der Waals surface area contributed by atoms with Crippen molar-refractivity contribution in [2.45, 2.75) is 116 Å². The summed E-state index contributed by atoms with van der Waals surface area (Å²) in [4.78, 5) is 36.9. The van der Waals surface area contributed by atoms with Gasteiger partial charge in [0.2, 0.25) is 5.91 Å². The fraction of sp³-hybridized carbons (Fsp3) is 0.735. The number of amides is 1. The number of carboxylic acids is 1. The molecular weight excluding hydrogens is 566 g/mol. The van der Waals surface area contributed by atoms with E-state index < -0.39 is 17.5 Å². The zero-order valence-electron chi connectivity index (χ0n) is 26.3. The normalized spacial score (nSPS) is 21.9. The summed E-state index contributed by atoms with van der Waals surface area (Å²) in [6.45, 7) is 5.95. The van der Waals surface area contributed by atoms with Crippen molar-refractivity contribution in [1.29, 1.82) is 0 Å². The molecule has 0 aliphatic heterocycles. The summed E-state index contributed by atoms with van der Waals surface area (Å²) in [6, 6.07) is 5.82. The number of carbonyl (C=O) groups excluding carboxylic acids is 2. The van der Waals surface area contributed by atoms with Gasteiger partial charge in [-0.3, -0.25) is 9.59 Å². The van der Waals surface area contributed by atoms with Gasteiger partial charge in [0.15, 0.2) is 6.61 Å². The van der Waals surface area contributed by atoms with Gasteiger partial charge in [-0.1, -0.05) is 52.2 Å². The number of aliphatic hydroxyl groups excluding tert-OH is 1.